The van der Waals surface area contributed by atoms with Gasteiger partial charge in [-0.2, -0.15) is 0 Å². The van der Waals surface area contributed by atoms with Gasteiger partial charge in [-0.1, -0.05) is 12.1 Å². The van der Waals surface area contributed by atoms with E-state index in [1.54, 1.807) is 4.90 Å². The summed E-state index contributed by atoms with van der Waals surface area (Å²) in [6, 6.07) is 6.06. The number of nitrogens with zero attached hydrogens (tertiary/aromatic N) is 2. The van der Waals surface area contributed by atoms with Crippen LogP contribution in [0.2, 0.25) is 0 Å². The highest BCUT2D eigenvalue weighted by Gasteiger charge is 2.24. The molecular weight excluding hydrogens is 214 g/mol. The first-order chi connectivity index (χ1) is 7.99. The number of nitrogens with two attached hydrogens (primary N) is 1. The number of carbonyl (C=O) groups is 1. The van der Waals surface area contributed by atoms with Gasteiger partial charge in [-0.25, -0.2) is 0 Å². The van der Waals surface area contributed by atoms with Gasteiger partial charge in [-0.3, -0.25) is 4.79 Å². The standard InChI is InChI=1S/C13H19N3O/c1-15(2)8-11(14)9-4-5-12-10(6-9)7-13(17)16(12)3/h4-6,11H,7-8,14H2,1-3H3. The third-order valence-electron chi connectivity index (χ3n) is 3.17. The molecule has 1 unspecified atom stereocenters. The van der Waals surface area contributed by atoms with Crippen molar-refractivity contribution < 1.29 is 4.79 Å². The first-order valence-electron chi connectivity index (χ1n) is 5.78. The van der Waals surface area contributed by atoms with Crippen molar-refractivity contribution in [2.75, 3.05) is 32.6 Å². The van der Waals surface area contributed by atoms with Crippen LogP contribution in [-0.2, 0) is 11.2 Å². The number of likely N-dealkylation sites (N-methyl/N-ethyl adjacent to an activating group) is 2. The summed E-state index contributed by atoms with van der Waals surface area (Å²) >= 11 is 0. The lowest BCUT2D eigenvalue weighted by molar-refractivity contribution is -0.117. The van der Waals surface area contributed by atoms with Gasteiger partial charge in [-0.05, 0) is 31.3 Å². The van der Waals surface area contributed by atoms with Crippen molar-refractivity contribution >= 4 is 11.6 Å². The molecule has 0 aliphatic carbocycles. The van der Waals surface area contributed by atoms with Crippen molar-refractivity contribution in [1.82, 2.24) is 4.90 Å². The van der Waals surface area contributed by atoms with Gasteiger partial charge < -0.3 is 15.5 Å². The van der Waals surface area contributed by atoms with Gasteiger partial charge >= 0.3 is 0 Å². The zero-order chi connectivity index (χ0) is 12.6. The van der Waals surface area contributed by atoms with Crippen molar-refractivity contribution in [3.05, 3.63) is 29.3 Å². The summed E-state index contributed by atoms with van der Waals surface area (Å²) in [5.74, 6) is 0.151. The quantitative estimate of drug-likeness (QED) is 0.839. The fourth-order valence-electron chi connectivity index (χ4n) is 2.22. The second-order valence-electron chi connectivity index (χ2n) is 4.89. The molecule has 1 atom stereocenters. The lowest BCUT2D eigenvalue weighted by atomic mass is 10.0. The number of fused-ring (bicyclic) bond motifs is 1. The molecule has 0 radical (unpaired) electrons. The van der Waals surface area contributed by atoms with Crippen LogP contribution in [0, 0.1) is 0 Å². The zero-order valence-electron chi connectivity index (χ0n) is 10.6. The molecule has 1 aromatic carbocycles. The van der Waals surface area contributed by atoms with Crippen LogP contribution in [0.1, 0.15) is 17.2 Å². The van der Waals surface area contributed by atoms with Crippen LogP contribution in [0.4, 0.5) is 5.69 Å². The molecule has 0 spiro atoms. The molecule has 0 saturated heterocycles. The Morgan fingerprint density at radius 1 is 1.47 bits per heavy atom. The van der Waals surface area contributed by atoms with Crippen LogP contribution in [0.25, 0.3) is 0 Å². The Kier molecular flexibility index (Phi) is 3.17. The van der Waals surface area contributed by atoms with Gasteiger partial charge in [0.15, 0.2) is 0 Å². The topological polar surface area (TPSA) is 49.6 Å². The van der Waals surface area contributed by atoms with Crippen molar-refractivity contribution in [1.29, 1.82) is 0 Å². The van der Waals surface area contributed by atoms with E-state index in [0.29, 0.717) is 6.42 Å². The average Bonchev–Trinajstić information content (AvgIpc) is 2.53. The normalized spacial score (nSPS) is 16.5. The molecule has 1 aromatic rings. The van der Waals surface area contributed by atoms with E-state index in [1.807, 2.05) is 33.3 Å². The predicted molar refractivity (Wildman–Crippen MR) is 69.0 cm³/mol. The lowest BCUT2D eigenvalue weighted by Crippen LogP contribution is -2.26. The number of anilines is 1. The smallest absolute Gasteiger partial charge is 0.231 e. The Morgan fingerprint density at radius 2 is 2.18 bits per heavy atom. The Labute approximate surface area is 102 Å². The van der Waals surface area contributed by atoms with Crippen LogP contribution >= 0.6 is 0 Å². The molecule has 0 saturated carbocycles. The molecule has 1 heterocycles. The largest absolute Gasteiger partial charge is 0.323 e. The van der Waals surface area contributed by atoms with Crippen LogP contribution in [0.15, 0.2) is 18.2 Å². The number of hydrogen-bond acceptors (Lipinski definition) is 3. The molecule has 4 nitrogen and oxygen atoms in total. The predicted octanol–water partition coefficient (Wildman–Crippen LogP) is 0.767. The van der Waals surface area contributed by atoms with Gasteiger partial charge in [0.2, 0.25) is 5.91 Å². The molecule has 92 valence electrons. The minimum absolute atomic E-state index is 0.00342. The monoisotopic (exact) mass is 233 g/mol. The summed E-state index contributed by atoms with van der Waals surface area (Å²) in [6.45, 7) is 0.808. The third kappa shape index (κ3) is 2.33. The molecule has 1 aliphatic heterocycles. The third-order valence-corrected chi connectivity index (χ3v) is 3.17. The van der Waals surface area contributed by atoms with Gasteiger partial charge in [0.05, 0.1) is 6.42 Å². The van der Waals surface area contributed by atoms with Crippen LogP contribution in [-0.4, -0.2) is 38.5 Å². The van der Waals surface area contributed by atoms with Crippen LogP contribution in [0.3, 0.4) is 0 Å². The zero-order valence-corrected chi connectivity index (χ0v) is 10.6. The number of rotatable bonds is 3. The van der Waals surface area contributed by atoms with E-state index >= 15 is 0 Å². The average molecular weight is 233 g/mol. The number of carbonyl (C=O) groups excluding carboxylic acids is 1. The molecule has 0 bridgehead atoms. The molecule has 2 rings (SSSR count). The fraction of sp³-hybridized carbons (Fsp3) is 0.462. The maximum atomic E-state index is 11.6. The van der Waals surface area contributed by atoms with E-state index < -0.39 is 0 Å². The van der Waals surface area contributed by atoms with Crippen molar-refractivity contribution in [3.63, 3.8) is 0 Å². The summed E-state index contributed by atoms with van der Waals surface area (Å²) in [5.41, 5.74) is 9.31. The Morgan fingerprint density at radius 3 is 2.82 bits per heavy atom. The molecule has 1 amide bonds. The number of amides is 1. The van der Waals surface area contributed by atoms with Gasteiger partial charge in [0, 0.05) is 25.3 Å². The highest BCUT2D eigenvalue weighted by atomic mass is 16.2. The van der Waals surface area contributed by atoms with Gasteiger partial charge in [0.1, 0.15) is 0 Å². The van der Waals surface area contributed by atoms with Crippen LogP contribution < -0.4 is 10.6 Å². The summed E-state index contributed by atoms with van der Waals surface area (Å²) in [7, 11) is 5.82. The molecule has 17 heavy (non-hydrogen) atoms. The van der Waals surface area contributed by atoms with Crippen molar-refractivity contribution in [3.8, 4) is 0 Å². The van der Waals surface area contributed by atoms with Crippen LogP contribution in [0.5, 0.6) is 0 Å². The minimum atomic E-state index is -0.00342. The SMILES string of the molecule is CN(C)CC(N)c1ccc2c(c1)CC(=O)N2C. The number of hydrogen-bond donors (Lipinski definition) is 1. The Balaban J connectivity index is 2.24. The lowest BCUT2D eigenvalue weighted by Gasteiger charge is -2.18. The maximum absolute atomic E-state index is 11.6. The first-order valence-corrected chi connectivity index (χ1v) is 5.78. The molecule has 4 heteroatoms. The second-order valence-corrected chi connectivity index (χ2v) is 4.89. The van der Waals surface area contributed by atoms with E-state index in [1.165, 1.54) is 0 Å². The summed E-state index contributed by atoms with van der Waals surface area (Å²) < 4.78 is 0. The molecular formula is C13H19N3O. The van der Waals surface area contributed by atoms with E-state index in [0.717, 1.165) is 23.4 Å². The highest BCUT2D eigenvalue weighted by molar-refractivity contribution is 6.00. The number of benzene rings is 1. The Hall–Kier alpha value is -1.39. The first kappa shape index (κ1) is 12.1. The van der Waals surface area contributed by atoms with Crippen molar-refractivity contribution in [2.24, 2.45) is 5.73 Å². The molecule has 0 fully saturated rings. The van der Waals surface area contributed by atoms with Gasteiger partial charge in [0.25, 0.3) is 0 Å². The molecule has 2 N–H and O–H groups in total. The second kappa shape index (κ2) is 4.47. The minimum Gasteiger partial charge on any atom is -0.323 e. The van der Waals surface area contributed by atoms with E-state index in [-0.39, 0.29) is 11.9 Å². The molecule has 0 aromatic heterocycles. The summed E-state index contributed by atoms with van der Waals surface area (Å²) in [5, 5.41) is 0. The Bertz CT molecular complexity index is 442. The van der Waals surface area contributed by atoms with E-state index in [4.69, 9.17) is 5.73 Å². The van der Waals surface area contributed by atoms with E-state index in [2.05, 4.69) is 11.0 Å². The highest BCUT2D eigenvalue weighted by Crippen LogP contribution is 2.29. The van der Waals surface area contributed by atoms with Gasteiger partial charge in [-0.15, -0.1) is 0 Å². The fourth-order valence-corrected chi connectivity index (χ4v) is 2.22. The summed E-state index contributed by atoms with van der Waals surface area (Å²) in [6.07, 6.45) is 0.494. The van der Waals surface area contributed by atoms with Crippen molar-refractivity contribution in [2.45, 2.75) is 12.5 Å². The van der Waals surface area contributed by atoms with E-state index in [9.17, 15) is 4.79 Å². The maximum Gasteiger partial charge on any atom is 0.231 e. The molecule has 1 aliphatic rings. The summed E-state index contributed by atoms with van der Waals surface area (Å²) in [4.78, 5) is 15.3.